The van der Waals surface area contributed by atoms with Gasteiger partial charge in [0.1, 0.15) is 18.2 Å². The molecule has 0 aliphatic carbocycles. The highest BCUT2D eigenvalue weighted by atomic mass is 127. The van der Waals surface area contributed by atoms with Crippen LogP contribution in [0, 0.1) is 17.3 Å². The molecular formula is C26H21BrI2N4O4. The minimum absolute atomic E-state index is 0.0254. The third kappa shape index (κ3) is 6.37. The maximum absolute atomic E-state index is 13.4. The predicted molar refractivity (Wildman–Crippen MR) is 165 cm³/mol. The summed E-state index contributed by atoms with van der Waals surface area (Å²) in [6, 6.07) is 15.6. The van der Waals surface area contributed by atoms with Crippen LogP contribution in [0.4, 0.5) is 5.69 Å². The summed E-state index contributed by atoms with van der Waals surface area (Å²) in [6.07, 6.45) is 1.64. The number of non-ortho nitro benzene ring substituents is 1. The zero-order chi connectivity index (χ0) is 26.9. The fourth-order valence-corrected chi connectivity index (χ4v) is 6.06. The SMILES string of the molecule is CC(C)(C)c1nc2ccc(Br)cc2c(=O)n1N=Cc1cc(I)c(OCc2cccc([N+](=O)[O-])c2)c(I)c1. The van der Waals surface area contributed by atoms with Gasteiger partial charge in [-0.2, -0.15) is 9.78 Å². The Morgan fingerprint density at radius 3 is 2.49 bits per heavy atom. The Balaban J connectivity index is 1.66. The van der Waals surface area contributed by atoms with Crippen molar-refractivity contribution in [1.29, 1.82) is 0 Å². The van der Waals surface area contributed by atoms with E-state index in [0.29, 0.717) is 28.0 Å². The van der Waals surface area contributed by atoms with Crippen molar-refractivity contribution in [2.75, 3.05) is 0 Å². The molecule has 0 fully saturated rings. The van der Waals surface area contributed by atoms with Gasteiger partial charge in [0.05, 0.1) is 29.2 Å². The van der Waals surface area contributed by atoms with Crippen LogP contribution in [0.2, 0.25) is 0 Å². The van der Waals surface area contributed by atoms with E-state index < -0.39 is 10.3 Å². The smallest absolute Gasteiger partial charge is 0.282 e. The van der Waals surface area contributed by atoms with E-state index in [1.165, 1.54) is 16.8 Å². The van der Waals surface area contributed by atoms with Crippen molar-refractivity contribution >= 4 is 83.9 Å². The Morgan fingerprint density at radius 1 is 1.14 bits per heavy atom. The number of ether oxygens (including phenoxy) is 1. The van der Waals surface area contributed by atoms with Crippen molar-refractivity contribution in [2.24, 2.45) is 5.10 Å². The highest BCUT2D eigenvalue weighted by molar-refractivity contribution is 14.1. The van der Waals surface area contributed by atoms with Gasteiger partial charge < -0.3 is 4.74 Å². The quantitative estimate of drug-likeness (QED) is 0.0905. The van der Waals surface area contributed by atoms with E-state index in [1.807, 2.05) is 45.0 Å². The zero-order valence-corrected chi connectivity index (χ0v) is 25.9. The van der Waals surface area contributed by atoms with Crippen LogP contribution in [0.15, 0.2) is 69.0 Å². The van der Waals surface area contributed by atoms with Gasteiger partial charge in [-0.1, -0.05) is 48.8 Å². The number of nitrogens with zero attached hydrogens (tertiary/aromatic N) is 4. The lowest BCUT2D eigenvalue weighted by molar-refractivity contribution is -0.384. The number of hydrogen-bond donors (Lipinski definition) is 0. The van der Waals surface area contributed by atoms with Crippen molar-refractivity contribution in [1.82, 2.24) is 9.66 Å². The Hall–Kier alpha value is -2.39. The summed E-state index contributed by atoms with van der Waals surface area (Å²) in [5.74, 6) is 1.24. The van der Waals surface area contributed by atoms with Crippen LogP contribution >= 0.6 is 61.1 Å². The summed E-state index contributed by atoms with van der Waals surface area (Å²) in [5, 5.41) is 16.1. The van der Waals surface area contributed by atoms with Gasteiger partial charge in [-0.15, -0.1) is 0 Å². The number of halogens is 3. The van der Waals surface area contributed by atoms with Gasteiger partial charge in [0, 0.05) is 22.0 Å². The molecule has 4 rings (SSSR count). The maximum Gasteiger partial charge on any atom is 0.282 e. The molecule has 0 radical (unpaired) electrons. The first-order chi connectivity index (χ1) is 17.4. The standard InChI is InChI=1S/C26H21BrI2N4O4/c1-26(2,3)25-31-22-8-7-17(27)12-19(22)24(34)32(25)30-13-16-10-20(28)23(21(29)11-16)37-14-15-5-4-6-18(9-15)33(35)36/h4-13H,14H2,1-3H3. The largest absolute Gasteiger partial charge is 0.487 e. The van der Waals surface area contributed by atoms with Gasteiger partial charge in [-0.25, -0.2) is 4.98 Å². The second kappa shape index (κ2) is 11.2. The lowest BCUT2D eigenvalue weighted by atomic mass is 9.95. The molecule has 0 unspecified atom stereocenters. The number of fused-ring (bicyclic) bond motifs is 1. The molecule has 11 heteroatoms. The molecule has 3 aromatic carbocycles. The molecule has 1 aromatic heterocycles. The molecule has 190 valence electrons. The van der Waals surface area contributed by atoms with Gasteiger partial charge in [0.15, 0.2) is 0 Å². The summed E-state index contributed by atoms with van der Waals surface area (Å²) in [5.41, 5.74) is 1.49. The van der Waals surface area contributed by atoms with Gasteiger partial charge >= 0.3 is 0 Å². The van der Waals surface area contributed by atoms with E-state index in [-0.39, 0.29) is 17.9 Å². The van der Waals surface area contributed by atoms with Crippen molar-refractivity contribution in [3.63, 3.8) is 0 Å². The molecule has 0 aliphatic rings. The van der Waals surface area contributed by atoms with E-state index in [2.05, 4.69) is 66.2 Å². The molecule has 4 aromatic rings. The van der Waals surface area contributed by atoms with Crippen LogP contribution in [-0.2, 0) is 12.0 Å². The zero-order valence-electron chi connectivity index (χ0n) is 20.0. The lowest BCUT2D eigenvalue weighted by Crippen LogP contribution is -2.29. The Morgan fingerprint density at radius 2 is 1.84 bits per heavy atom. The number of nitro benzene ring substituents is 1. The van der Waals surface area contributed by atoms with E-state index in [4.69, 9.17) is 9.72 Å². The van der Waals surface area contributed by atoms with Gasteiger partial charge in [-0.3, -0.25) is 14.9 Å². The van der Waals surface area contributed by atoms with Crippen molar-refractivity contribution < 1.29 is 9.66 Å². The number of hydrogen-bond acceptors (Lipinski definition) is 6. The normalized spacial score (nSPS) is 11.8. The third-order valence-corrected chi connectivity index (χ3v) is 7.42. The highest BCUT2D eigenvalue weighted by Gasteiger charge is 2.23. The van der Waals surface area contributed by atoms with Crippen molar-refractivity contribution in [3.8, 4) is 5.75 Å². The molecule has 0 amide bonds. The number of rotatable bonds is 6. The summed E-state index contributed by atoms with van der Waals surface area (Å²) < 4.78 is 9.85. The molecule has 0 atom stereocenters. The van der Waals surface area contributed by atoms with E-state index >= 15 is 0 Å². The van der Waals surface area contributed by atoms with Gasteiger partial charge in [0.25, 0.3) is 11.2 Å². The number of benzene rings is 3. The summed E-state index contributed by atoms with van der Waals surface area (Å²) in [6.45, 7) is 6.17. The van der Waals surface area contributed by atoms with Crippen LogP contribution in [0.1, 0.15) is 37.7 Å². The van der Waals surface area contributed by atoms with E-state index in [9.17, 15) is 14.9 Å². The average molecular weight is 787 g/mol. The monoisotopic (exact) mass is 786 g/mol. The molecule has 0 aliphatic heterocycles. The Bertz CT molecular complexity index is 1590. The minimum Gasteiger partial charge on any atom is -0.487 e. The topological polar surface area (TPSA) is 99.6 Å². The van der Waals surface area contributed by atoms with Crippen LogP contribution in [0.25, 0.3) is 10.9 Å². The second-order valence-electron chi connectivity index (χ2n) is 9.24. The minimum atomic E-state index is -0.425. The average Bonchev–Trinajstić information content (AvgIpc) is 2.82. The van der Waals surface area contributed by atoms with E-state index in [0.717, 1.165) is 17.2 Å². The van der Waals surface area contributed by atoms with Crippen molar-refractivity contribution in [3.05, 3.63) is 104 Å². The van der Waals surface area contributed by atoms with Gasteiger partial charge in [0.2, 0.25) is 0 Å². The molecule has 1 heterocycles. The Labute approximate surface area is 248 Å². The molecule has 0 bridgehead atoms. The highest BCUT2D eigenvalue weighted by Crippen LogP contribution is 2.30. The third-order valence-electron chi connectivity index (χ3n) is 5.33. The fourth-order valence-electron chi connectivity index (χ4n) is 3.57. The molecule has 0 saturated carbocycles. The number of nitro groups is 1. The van der Waals surface area contributed by atoms with Gasteiger partial charge in [-0.05, 0) is 86.6 Å². The first-order valence-corrected chi connectivity index (χ1v) is 14.0. The lowest BCUT2D eigenvalue weighted by Gasteiger charge is -2.21. The summed E-state index contributed by atoms with van der Waals surface area (Å²) in [4.78, 5) is 28.7. The molecular weight excluding hydrogens is 766 g/mol. The van der Waals surface area contributed by atoms with Crippen LogP contribution < -0.4 is 10.3 Å². The fraction of sp³-hybridized carbons (Fsp3) is 0.192. The summed E-state index contributed by atoms with van der Waals surface area (Å²) >= 11 is 7.79. The maximum atomic E-state index is 13.4. The van der Waals surface area contributed by atoms with Crippen LogP contribution in [0.5, 0.6) is 5.75 Å². The van der Waals surface area contributed by atoms with Crippen LogP contribution in [-0.4, -0.2) is 20.8 Å². The first-order valence-electron chi connectivity index (χ1n) is 11.1. The predicted octanol–water partition coefficient (Wildman–Crippen LogP) is 7.04. The van der Waals surface area contributed by atoms with Crippen molar-refractivity contribution in [2.45, 2.75) is 32.8 Å². The van der Waals surface area contributed by atoms with E-state index in [1.54, 1.807) is 24.4 Å². The molecule has 8 nitrogen and oxygen atoms in total. The molecule has 0 saturated heterocycles. The molecule has 37 heavy (non-hydrogen) atoms. The molecule has 0 spiro atoms. The van der Waals surface area contributed by atoms with Crippen LogP contribution in [0.3, 0.4) is 0 Å². The second-order valence-corrected chi connectivity index (χ2v) is 12.5. The Kier molecular flexibility index (Phi) is 8.33. The number of aromatic nitrogens is 2. The molecule has 0 N–H and O–H groups in total. The summed E-state index contributed by atoms with van der Waals surface area (Å²) in [7, 11) is 0. The first kappa shape index (κ1) is 27.6.